The monoisotopic (exact) mass is 216 g/mol. The molecule has 0 fully saturated rings. The Labute approximate surface area is 95.5 Å². The maximum atomic E-state index is 5.22. The molecular weight excluding hydrogens is 200 g/mol. The average Bonchev–Trinajstić information content (AvgIpc) is 2.76. The van der Waals surface area contributed by atoms with Crippen molar-refractivity contribution in [1.82, 2.24) is 5.16 Å². The van der Waals surface area contributed by atoms with Gasteiger partial charge in [-0.1, -0.05) is 37.2 Å². The van der Waals surface area contributed by atoms with E-state index in [4.69, 9.17) is 4.52 Å². The molecule has 0 aliphatic heterocycles. The van der Waals surface area contributed by atoms with Crippen LogP contribution in [0.5, 0.6) is 0 Å². The third-order valence-corrected chi connectivity index (χ3v) is 2.39. The van der Waals surface area contributed by atoms with Crippen molar-refractivity contribution in [2.45, 2.75) is 26.3 Å². The quantitative estimate of drug-likeness (QED) is 0.851. The van der Waals surface area contributed by atoms with Crippen molar-refractivity contribution in [2.75, 3.05) is 5.32 Å². The Bertz CT molecular complexity index is 434. The van der Waals surface area contributed by atoms with Crippen molar-refractivity contribution in [3.63, 3.8) is 0 Å². The number of hydrogen-bond acceptors (Lipinski definition) is 3. The van der Waals surface area contributed by atoms with E-state index in [1.165, 1.54) is 0 Å². The van der Waals surface area contributed by atoms with Gasteiger partial charge in [0.25, 0.3) is 0 Å². The predicted octanol–water partition coefficient (Wildman–Crippen LogP) is 3.41. The summed E-state index contributed by atoms with van der Waals surface area (Å²) < 4.78 is 5.22. The average molecular weight is 216 g/mol. The summed E-state index contributed by atoms with van der Waals surface area (Å²) in [4.78, 5) is 0. The van der Waals surface area contributed by atoms with E-state index in [2.05, 4.69) is 24.3 Å². The van der Waals surface area contributed by atoms with E-state index < -0.39 is 0 Å². The van der Waals surface area contributed by atoms with Crippen LogP contribution in [0, 0.1) is 0 Å². The van der Waals surface area contributed by atoms with Gasteiger partial charge < -0.3 is 9.84 Å². The number of nitrogens with zero attached hydrogens (tertiary/aromatic N) is 1. The van der Waals surface area contributed by atoms with E-state index in [9.17, 15) is 0 Å². The Morgan fingerprint density at radius 2 is 2.00 bits per heavy atom. The van der Waals surface area contributed by atoms with Crippen molar-refractivity contribution in [3.8, 4) is 0 Å². The first-order valence-corrected chi connectivity index (χ1v) is 5.50. The summed E-state index contributed by atoms with van der Waals surface area (Å²) in [7, 11) is 0. The van der Waals surface area contributed by atoms with Crippen LogP contribution in [0.1, 0.15) is 31.2 Å². The second-order valence-electron chi connectivity index (χ2n) is 4.09. The van der Waals surface area contributed by atoms with Crippen LogP contribution in [0.4, 0.5) is 5.69 Å². The van der Waals surface area contributed by atoms with Gasteiger partial charge in [-0.2, -0.15) is 0 Å². The van der Waals surface area contributed by atoms with Crippen molar-refractivity contribution in [1.29, 1.82) is 0 Å². The number of rotatable bonds is 4. The molecule has 0 saturated carbocycles. The van der Waals surface area contributed by atoms with Crippen LogP contribution in [-0.4, -0.2) is 5.16 Å². The van der Waals surface area contributed by atoms with Gasteiger partial charge in [-0.05, 0) is 12.1 Å². The topological polar surface area (TPSA) is 38.1 Å². The minimum absolute atomic E-state index is 0.387. The van der Waals surface area contributed by atoms with Gasteiger partial charge in [0.1, 0.15) is 11.5 Å². The fourth-order valence-electron chi connectivity index (χ4n) is 1.43. The standard InChI is InChI=1S/C13H16N2O/c1-10(2)13-8-12(15-16-13)9-14-11-6-4-3-5-7-11/h3-8,10,14H,9H2,1-2H3. The van der Waals surface area contributed by atoms with E-state index in [-0.39, 0.29) is 0 Å². The zero-order valence-corrected chi connectivity index (χ0v) is 9.60. The van der Waals surface area contributed by atoms with Crippen molar-refractivity contribution in [2.24, 2.45) is 0 Å². The van der Waals surface area contributed by atoms with Crippen LogP contribution in [0.3, 0.4) is 0 Å². The number of anilines is 1. The molecule has 0 aliphatic rings. The van der Waals surface area contributed by atoms with E-state index in [1.54, 1.807) is 0 Å². The molecule has 2 rings (SSSR count). The summed E-state index contributed by atoms with van der Waals surface area (Å²) in [6.45, 7) is 4.88. The molecular formula is C13H16N2O. The van der Waals surface area contributed by atoms with E-state index in [0.29, 0.717) is 12.5 Å². The largest absolute Gasteiger partial charge is 0.379 e. The Balaban J connectivity index is 1.95. The van der Waals surface area contributed by atoms with E-state index >= 15 is 0 Å². The molecule has 0 aliphatic carbocycles. The summed E-state index contributed by atoms with van der Waals surface area (Å²) in [5.74, 6) is 1.32. The summed E-state index contributed by atoms with van der Waals surface area (Å²) in [5, 5.41) is 7.31. The highest BCUT2D eigenvalue weighted by Crippen LogP contribution is 2.15. The lowest BCUT2D eigenvalue weighted by molar-refractivity contribution is 0.366. The molecule has 0 saturated heterocycles. The van der Waals surface area contributed by atoms with Crippen LogP contribution in [0.15, 0.2) is 40.9 Å². The zero-order chi connectivity index (χ0) is 11.4. The Morgan fingerprint density at radius 3 is 2.62 bits per heavy atom. The van der Waals surface area contributed by atoms with Gasteiger partial charge in [-0.25, -0.2) is 0 Å². The summed E-state index contributed by atoms with van der Waals surface area (Å²) >= 11 is 0. The van der Waals surface area contributed by atoms with Crippen LogP contribution < -0.4 is 5.32 Å². The predicted molar refractivity (Wildman–Crippen MR) is 64.4 cm³/mol. The molecule has 1 heterocycles. The lowest BCUT2D eigenvalue weighted by atomic mass is 10.1. The van der Waals surface area contributed by atoms with Crippen molar-refractivity contribution >= 4 is 5.69 Å². The lowest BCUT2D eigenvalue weighted by Crippen LogP contribution is -1.98. The van der Waals surface area contributed by atoms with Crippen LogP contribution >= 0.6 is 0 Å². The second-order valence-corrected chi connectivity index (χ2v) is 4.09. The maximum Gasteiger partial charge on any atom is 0.139 e. The molecule has 1 aromatic carbocycles. The zero-order valence-electron chi connectivity index (χ0n) is 9.60. The lowest BCUT2D eigenvalue weighted by Gasteiger charge is -2.02. The van der Waals surface area contributed by atoms with Gasteiger partial charge in [0, 0.05) is 17.7 Å². The maximum absolute atomic E-state index is 5.22. The highest BCUT2D eigenvalue weighted by Gasteiger charge is 2.07. The molecule has 84 valence electrons. The van der Waals surface area contributed by atoms with Crippen LogP contribution in [0.25, 0.3) is 0 Å². The number of nitrogens with one attached hydrogen (secondary N) is 1. The number of aromatic nitrogens is 1. The molecule has 16 heavy (non-hydrogen) atoms. The Morgan fingerprint density at radius 1 is 1.25 bits per heavy atom. The molecule has 3 heteroatoms. The molecule has 0 bridgehead atoms. The minimum Gasteiger partial charge on any atom is -0.379 e. The molecule has 1 aromatic heterocycles. The highest BCUT2D eigenvalue weighted by molar-refractivity contribution is 5.42. The van der Waals surface area contributed by atoms with Crippen molar-refractivity contribution < 1.29 is 4.52 Å². The van der Waals surface area contributed by atoms with Gasteiger partial charge in [-0.15, -0.1) is 0 Å². The first-order chi connectivity index (χ1) is 7.75. The smallest absolute Gasteiger partial charge is 0.139 e. The van der Waals surface area contributed by atoms with Gasteiger partial charge in [0.2, 0.25) is 0 Å². The number of benzene rings is 1. The molecule has 3 nitrogen and oxygen atoms in total. The second kappa shape index (κ2) is 4.84. The third kappa shape index (κ3) is 2.63. The van der Waals surface area contributed by atoms with Gasteiger partial charge in [0.15, 0.2) is 0 Å². The van der Waals surface area contributed by atoms with Crippen LogP contribution in [-0.2, 0) is 6.54 Å². The Kier molecular flexibility index (Phi) is 3.25. The summed E-state index contributed by atoms with van der Waals surface area (Å²) in [6, 6.07) is 12.1. The number of para-hydroxylation sites is 1. The molecule has 0 radical (unpaired) electrons. The highest BCUT2D eigenvalue weighted by atomic mass is 16.5. The van der Waals surface area contributed by atoms with Gasteiger partial charge in [-0.3, -0.25) is 0 Å². The molecule has 0 atom stereocenters. The van der Waals surface area contributed by atoms with E-state index in [1.807, 2.05) is 36.4 Å². The Hall–Kier alpha value is -1.77. The summed E-state index contributed by atoms with van der Waals surface area (Å²) in [6.07, 6.45) is 0. The molecule has 0 unspecified atom stereocenters. The third-order valence-electron chi connectivity index (χ3n) is 2.39. The molecule has 0 amide bonds. The first kappa shape index (κ1) is 10.7. The molecule has 2 aromatic rings. The molecule has 0 spiro atoms. The van der Waals surface area contributed by atoms with Crippen LogP contribution in [0.2, 0.25) is 0 Å². The minimum atomic E-state index is 0.387. The SMILES string of the molecule is CC(C)c1cc(CNc2ccccc2)no1. The molecule has 1 N–H and O–H groups in total. The first-order valence-electron chi connectivity index (χ1n) is 5.50. The normalized spacial score (nSPS) is 10.7. The fraction of sp³-hybridized carbons (Fsp3) is 0.308. The fourth-order valence-corrected chi connectivity index (χ4v) is 1.43. The van der Waals surface area contributed by atoms with Gasteiger partial charge >= 0.3 is 0 Å². The summed E-state index contributed by atoms with van der Waals surface area (Å²) in [5.41, 5.74) is 2.03. The van der Waals surface area contributed by atoms with E-state index in [0.717, 1.165) is 17.1 Å². The number of hydrogen-bond donors (Lipinski definition) is 1. The van der Waals surface area contributed by atoms with Crippen molar-refractivity contribution in [3.05, 3.63) is 47.9 Å². The van der Waals surface area contributed by atoms with Gasteiger partial charge in [0.05, 0.1) is 6.54 Å².